The first-order valence-electron chi connectivity index (χ1n) is 4.02. The highest BCUT2D eigenvalue weighted by atomic mass is 14.4. The van der Waals surface area contributed by atoms with E-state index in [-0.39, 0.29) is 7.43 Å². The molecule has 2 aliphatic rings. The van der Waals surface area contributed by atoms with Gasteiger partial charge in [0.1, 0.15) is 0 Å². The molecule has 0 aromatic heterocycles. The second-order valence-electron chi connectivity index (χ2n) is 3.48. The van der Waals surface area contributed by atoms with Gasteiger partial charge in [-0.15, -0.1) is 0 Å². The van der Waals surface area contributed by atoms with Crippen LogP contribution < -0.4 is 0 Å². The van der Waals surface area contributed by atoms with Crippen molar-refractivity contribution in [1.82, 2.24) is 0 Å². The Morgan fingerprint density at radius 2 is 1.40 bits per heavy atom. The Bertz CT molecular complexity index is 147. The van der Waals surface area contributed by atoms with Crippen molar-refractivity contribution >= 4 is 0 Å². The maximum absolute atomic E-state index is 2.37. The Kier molecular flexibility index (Phi) is 1.89. The Labute approximate surface area is 64.3 Å². The molecule has 58 valence electrons. The molecule has 0 saturated heterocycles. The van der Waals surface area contributed by atoms with Gasteiger partial charge < -0.3 is 0 Å². The topological polar surface area (TPSA) is 0 Å². The van der Waals surface area contributed by atoms with E-state index in [1.807, 2.05) is 11.1 Å². The zero-order valence-corrected chi connectivity index (χ0v) is 6.28. The number of allylic oxidation sites excluding steroid dienone is 2. The van der Waals surface area contributed by atoms with Crippen molar-refractivity contribution in [3.63, 3.8) is 0 Å². The van der Waals surface area contributed by atoms with Crippen LogP contribution in [0.4, 0.5) is 0 Å². The maximum Gasteiger partial charge on any atom is -0.0166 e. The smallest absolute Gasteiger partial charge is 0.0166 e. The van der Waals surface area contributed by atoms with Crippen LogP contribution in [0.3, 0.4) is 0 Å². The van der Waals surface area contributed by atoms with Crippen LogP contribution in [-0.2, 0) is 0 Å². The van der Waals surface area contributed by atoms with E-state index in [0.717, 1.165) is 11.8 Å². The number of hydrogen-bond acceptors (Lipinski definition) is 0. The second kappa shape index (κ2) is 2.41. The molecular weight excluding hydrogens is 120 g/mol. The van der Waals surface area contributed by atoms with E-state index in [1.54, 1.807) is 0 Å². The zero-order valence-electron chi connectivity index (χ0n) is 6.28. The molecule has 2 unspecified atom stereocenters. The summed E-state index contributed by atoms with van der Waals surface area (Å²) in [5, 5.41) is 0. The highest BCUT2D eigenvalue weighted by Gasteiger charge is 2.35. The Balaban J connectivity index is 0.000000500. The van der Waals surface area contributed by atoms with Crippen LogP contribution in [0.25, 0.3) is 0 Å². The van der Waals surface area contributed by atoms with E-state index >= 15 is 0 Å². The van der Waals surface area contributed by atoms with Gasteiger partial charge in [0.2, 0.25) is 0 Å². The SMILES string of the molecule is C.CC1C2=C(CCC2)C1C. The summed E-state index contributed by atoms with van der Waals surface area (Å²) >= 11 is 0. The van der Waals surface area contributed by atoms with E-state index in [1.165, 1.54) is 19.3 Å². The van der Waals surface area contributed by atoms with Crippen molar-refractivity contribution in [1.29, 1.82) is 0 Å². The van der Waals surface area contributed by atoms with Crippen molar-refractivity contribution < 1.29 is 0 Å². The molecule has 0 heteroatoms. The predicted molar refractivity (Wildman–Crippen MR) is 45.9 cm³/mol. The van der Waals surface area contributed by atoms with Gasteiger partial charge in [-0.25, -0.2) is 0 Å². The summed E-state index contributed by atoms with van der Waals surface area (Å²) in [5.74, 6) is 1.87. The van der Waals surface area contributed by atoms with Gasteiger partial charge >= 0.3 is 0 Å². The van der Waals surface area contributed by atoms with Gasteiger partial charge in [0.15, 0.2) is 0 Å². The lowest BCUT2D eigenvalue weighted by molar-refractivity contribution is 0.426. The molecule has 2 rings (SSSR count). The summed E-state index contributed by atoms with van der Waals surface area (Å²) in [6.07, 6.45) is 4.28. The second-order valence-corrected chi connectivity index (χ2v) is 3.48. The molecule has 0 nitrogen and oxygen atoms in total. The van der Waals surface area contributed by atoms with Crippen LogP contribution in [0.15, 0.2) is 11.1 Å². The highest BCUT2D eigenvalue weighted by Crippen LogP contribution is 2.49. The van der Waals surface area contributed by atoms with Gasteiger partial charge in [0.25, 0.3) is 0 Å². The van der Waals surface area contributed by atoms with Crippen molar-refractivity contribution in [3.8, 4) is 0 Å². The third-order valence-electron chi connectivity index (χ3n) is 3.15. The lowest BCUT2D eigenvalue weighted by Crippen LogP contribution is -2.22. The minimum Gasteiger partial charge on any atom is -0.0776 e. The Morgan fingerprint density at radius 1 is 1.00 bits per heavy atom. The molecule has 0 fully saturated rings. The fourth-order valence-electron chi connectivity index (χ4n) is 2.34. The summed E-state index contributed by atoms with van der Waals surface area (Å²) < 4.78 is 0. The van der Waals surface area contributed by atoms with E-state index in [4.69, 9.17) is 0 Å². The quantitative estimate of drug-likeness (QED) is 0.450. The molecule has 2 aliphatic carbocycles. The molecule has 0 amide bonds. The first-order valence-corrected chi connectivity index (χ1v) is 4.02. The first kappa shape index (κ1) is 7.84. The Hall–Kier alpha value is -0.260. The predicted octanol–water partition coefficient (Wildman–Crippen LogP) is 3.39. The molecule has 0 radical (unpaired) electrons. The van der Waals surface area contributed by atoms with Crippen molar-refractivity contribution in [2.24, 2.45) is 11.8 Å². The largest absolute Gasteiger partial charge is 0.0776 e. The summed E-state index contributed by atoms with van der Waals surface area (Å²) in [6, 6.07) is 0. The minimum atomic E-state index is 0. The van der Waals surface area contributed by atoms with Gasteiger partial charge in [-0.1, -0.05) is 32.4 Å². The van der Waals surface area contributed by atoms with Gasteiger partial charge in [-0.3, -0.25) is 0 Å². The summed E-state index contributed by atoms with van der Waals surface area (Å²) in [5.41, 5.74) is 3.62. The number of rotatable bonds is 0. The van der Waals surface area contributed by atoms with E-state index < -0.39 is 0 Å². The van der Waals surface area contributed by atoms with Crippen LogP contribution in [0, 0.1) is 11.8 Å². The van der Waals surface area contributed by atoms with Crippen LogP contribution in [0.5, 0.6) is 0 Å². The molecule has 2 atom stereocenters. The molecule has 0 spiro atoms. The molecule has 0 aromatic carbocycles. The van der Waals surface area contributed by atoms with Crippen molar-refractivity contribution in [2.75, 3.05) is 0 Å². The molecule has 0 aromatic rings. The van der Waals surface area contributed by atoms with Gasteiger partial charge in [0, 0.05) is 0 Å². The average molecular weight is 138 g/mol. The monoisotopic (exact) mass is 138 g/mol. The summed E-state index contributed by atoms with van der Waals surface area (Å²) in [7, 11) is 0. The van der Waals surface area contributed by atoms with Crippen LogP contribution in [-0.4, -0.2) is 0 Å². The molecular formula is C10H18. The highest BCUT2D eigenvalue weighted by molar-refractivity contribution is 5.34. The zero-order chi connectivity index (χ0) is 6.43. The minimum absolute atomic E-state index is 0. The summed E-state index contributed by atoms with van der Waals surface area (Å²) in [4.78, 5) is 0. The van der Waals surface area contributed by atoms with E-state index in [2.05, 4.69) is 13.8 Å². The van der Waals surface area contributed by atoms with E-state index in [9.17, 15) is 0 Å². The van der Waals surface area contributed by atoms with Gasteiger partial charge in [-0.05, 0) is 31.1 Å². The number of hydrogen-bond donors (Lipinski definition) is 0. The molecule has 0 N–H and O–H groups in total. The molecule has 0 aliphatic heterocycles. The first-order chi connectivity index (χ1) is 4.30. The normalized spacial score (nSPS) is 36.6. The average Bonchev–Trinajstić information content (AvgIpc) is 2.30. The maximum atomic E-state index is 2.37. The third kappa shape index (κ3) is 0.744. The molecule has 10 heavy (non-hydrogen) atoms. The molecule has 0 saturated carbocycles. The van der Waals surface area contributed by atoms with Crippen LogP contribution in [0.1, 0.15) is 40.5 Å². The lowest BCUT2D eigenvalue weighted by atomic mass is 9.71. The van der Waals surface area contributed by atoms with Crippen LogP contribution in [0.2, 0.25) is 0 Å². The van der Waals surface area contributed by atoms with Gasteiger partial charge in [0.05, 0.1) is 0 Å². The van der Waals surface area contributed by atoms with E-state index in [0.29, 0.717) is 0 Å². The standard InChI is InChI=1S/C9H14.CH4/c1-6-7(2)9-5-3-4-8(6)9;/h6-7H,3-5H2,1-2H3;1H4. The van der Waals surface area contributed by atoms with Crippen molar-refractivity contribution in [3.05, 3.63) is 11.1 Å². The van der Waals surface area contributed by atoms with Gasteiger partial charge in [-0.2, -0.15) is 0 Å². The lowest BCUT2D eigenvalue weighted by Gasteiger charge is -2.34. The Morgan fingerprint density at radius 3 is 1.80 bits per heavy atom. The van der Waals surface area contributed by atoms with Crippen LogP contribution >= 0.6 is 0 Å². The fourth-order valence-corrected chi connectivity index (χ4v) is 2.34. The fraction of sp³-hybridized carbons (Fsp3) is 0.800. The third-order valence-corrected chi connectivity index (χ3v) is 3.15. The summed E-state index contributed by atoms with van der Waals surface area (Å²) in [6.45, 7) is 4.74. The van der Waals surface area contributed by atoms with Crippen molar-refractivity contribution in [2.45, 2.75) is 40.5 Å². The molecule has 0 heterocycles. The molecule has 0 bridgehead atoms.